The summed E-state index contributed by atoms with van der Waals surface area (Å²) < 4.78 is 0. The van der Waals surface area contributed by atoms with Gasteiger partial charge in [0.25, 0.3) is 0 Å². The Bertz CT molecular complexity index is 454. The molecule has 0 unspecified atom stereocenters. The van der Waals surface area contributed by atoms with Gasteiger partial charge in [-0.1, -0.05) is 18.2 Å². The molecule has 1 heterocycles. The first-order chi connectivity index (χ1) is 7.18. The fraction of sp³-hybridized carbons (Fsp3) is 0.214. The van der Waals surface area contributed by atoms with E-state index in [1.807, 2.05) is 12.3 Å². The summed E-state index contributed by atoms with van der Waals surface area (Å²) in [6.07, 6.45) is 3.71. The van der Waals surface area contributed by atoms with Crippen molar-refractivity contribution in [3.8, 4) is 11.1 Å². The molecule has 2 heteroatoms. The summed E-state index contributed by atoms with van der Waals surface area (Å²) in [6.45, 7) is 6.47. The molecule has 2 rings (SSSR count). The first kappa shape index (κ1) is 12.4. The average molecular weight is 215 g/mol. The van der Waals surface area contributed by atoms with Gasteiger partial charge in [-0.3, -0.25) is 4.98 Å². The fourth-order valence-corrected chi connectivity index (χ4v) is 1.74. The van der Waals surface area contributed by atoms with Gasteiger partial charge >= 0.3 is 0 Å². The lowest BCUT2D eigenvalue weighted by molar-refractivity contribution is 0.824. The van der Waals surface area contributed by atoms with E-state index >= 15 is 0 Å². The Kier molecular flexibility index (Phi) is 3.80. The van der Waals surface area contributed by atoms with Gasteiger partial charge < -0.3 is 5.48 Å². The molecular weight excluding hydrogens is 198 g/mol. The van der Waals surface area contributed by atoms with Crippen molar-refractivity contribution in [3.63, 3.8) is 0 Å². The second kappa shape index (κ2) is 4.90. The molecule has 0 aliphatic carbocycles. The molecule has 0 bridgehead atoms. The largest absolute Gasteiger partial charge is 0.412 e. The zero-order chi connectivity index (χ0) is 10.8. The number of nitrogens with zero attached hydrogens (tertiary/aromatic N) is 1. The number of rotatable bonds is 1. The molecule has 1 aromatic carbocycles. The summed E-state index contributed by atoms with van der Waals surface area (Å²) >= 11 is 0. The van der Waals surface area contributed by atoms with Crippen molar-refractivity contribution in [1.82, 2.24) is 4.98 Å². The third-order valence-electron chi connectivity index (χ3n) is 2.92. The van der Waals surface area contributed by atoms with Gasteiger partial charge in [-0.15, -0.1) is 0 Å². The Labute approximate surface area is 96.3 Å². The number of hydrogen-bond acceptors (Lipinski definition) is 1. The lowest BCUT2D eigenvalue weighted by Crippen LogP contribution is -1.88. The lowest BCUT2D eigenvalue weighted by Gasteiger charge is -2.08. The number of hydrogen-bond donors (Lipinski definition) is 0. The van der Waals surface area contributed by atoms with E-state index in [4.69, 9.17) is 0 Å². The van der Waals surface area contributed by atoms with Gasteiger partial charge in [0.05, 0.1) is 0 Å². The quantitative estimate of drug-likeness (QED) is 0.721. The van der Waals surface area contributed by atoms with Crippen molar-refractivity contribution in [2.45, 2.75) is 20.8 Å². The van der Waals surface area contributed by atoms with Crippen LogP contribution < -0.4 is 0 Å². The third kappa shape index (κ3) is 2.28. The van der Waals surface area contributed by atoms with Crippen LogP contribution in [0.15, 0.2) is 36.7 Å². The highest BCUT2D eigenvalue weighted by Crippen LogP contribution is 2.23. The maximum absolute atomic E-state index is 4.14. The average Bonchev–Trinajstić information content (AvgIpc) is 2.26. The van der Waals surface area contributed by atoms with Gasteiger partial charge in [0.1, 0.15) is 0 Å². The van der Waals surface area contributed by atoms with E-state index in [9.17, 15) is 0 Å². The van der Waals surface area contributed by atoms with Crippen LogP contribution in [0.3, 0.4) is 0 Å². The predicted octanol–water partition coefficient (Wildman–Crippen LogP) is 2.85. The smallest absolute Gasteiger partial charge is 0.0346 e. The van der Waals surface area contributed by atoms with Gasteiger partial charge in [0.2, 0.25) is 0 Å². The maximum atomic E-state index is 4.14. The zero-order valence-corrected chi connectivity index (χ0v) is 9.91. The fourth-order valence-electron chi connectivity index (χ4n) is 1.74. The maximum Gasteiger partial charge on any atom is 0.0346 e. The third-order valence-corrected chi connectivity index (χ3v) is 2.92. The minimum absolute atomic E-state index is 0. The van der Waals surface area contributed by atoms with Crippen molar-refractivity contribution in [2.24, 2.45) is 0 Å². The standard InChI is InChI=1S/C14H15N.H2O/c1-10-7-14(8-11(2)12(10)3)13-5-4-6-15-9-13;/h4-9H,1-3H3;1H2. The first-order valence-corrected chi connectivity index (χ1v) is 5.17. The summed E-state index contributed by atoms with van der Waals surface area (Å²) in [7, 11) is 0. The highest BCUT2D eigenvalue weighted by molar-refractivity contribution is 5.65. The molecule has 2 nitrogen and oxygen atoms in total. The number of benzene rings is 1. The molecule has 2 N–H and O–H groups in total. The van der Waals surface area contributed by atoms with E-state index in [0.29, 0.717) is 0 Å². The Balaban J connectivity index is 0.00000128. The molecule has 1 aromatic heterocycles. The Morgan fingerprint density at radius 1 is 0.938 bits per heavy atom. The lowest BCUT2D eigenvalue weighted by atomic mass is 9.97. The van der Waals surface area contributed by atoms with Crippen LogP contribution in [0.4, 0.5) is 0 Å². The molecule has 0 radical (unpaired) electrons. The van der Waals surface area contributed by atoms with E-state index in [1.54, 1.807) is 6.20 Å². The zero-order valence-electron chi connectivity index (χ0n) is 9.91. The van der Waals surface area contributed by atoms with Gasteiger partial charge in [0.15, 0.2) is 0 Å². The molecule has 0 atom stereocenters. The molecule has 0 aliphatic rings. The van der Waals surface area contributed by atoms with Crippen molar-refractivity contribution in [1.29, 1.82) is 0 Å². The summed E-state index contributed by atoms with van der Waals surface area (Å²) in [6, 6.07) is 8.51. The highest BCUT2D eigenvalue weighted by Gasteiger charge is 2.02. The minimum Gasteiger partial charge on any atom is -0.412 e. The van der Waals surface area contributed by atoms with Crippen LogP contribution in [-0.4, -0.2) is 10.5 Å². The van der Waals surface area contributed by atoms with E-state index in [1.165, 1.54) is 27.8 Å². The van der Waals surface area contributed by atoms with Crippen molar-refractivity contribution in [3.05, 3.63) is 53.3 Å². The molecule has 2 aromatic rings. The van der Waals surface area contributed by atoms with Gasteiger partial charge in [-0.05, 0) is 49.1 Å². The Hall–Kier alpha value is -1.67. The number of pyridine rings is 1. The molecule has 0 fully saturated rings. The Morgan fingerprint density at radius 2 is 1.56 bits per heavy atom. The summed E-state index contributed by atoms with van der Waals surface area (Å²) in [5, 5.41) is 0. The Morgan fingerprint density at radius 3 is 2.06 bits per heavy atom. The summed E-state index contributed by atoms with van der Waals surface area (Å²) in [5.74, 6) is 0. The molecule has 0 aliphatic heterocycles. The van der Waals surface area contributed by atoms with Crippen LogP contribution in [0, 0.1) is 20.8 Å². The monoisotopic (exact) mass is 215 g/mol. The van der Waals surface area contributed by atoms with Crippen molar-refractivity contribution in [2.75, 3.05) is 0 Å². The van der Waals surface area contributed by atoms with Crippen LogP contribution in [0.5, 0.6) is 0 Å². The van der Waals surface area contributed by atoms with Gasteiger partial charge in [0, 0.05) is 18.0 Å². The molecule has 0 spiro atoms. The van der Waals surface area contributed by atoms with E-state index in [-0.39, 0.29) is 5.48 Å². The van der Waals surface area contributed by atoms with E-state index < -0.39 is 0 Å². The molecule has 0 saturated heterocycles. The summed E-state index contributed by atoms with van der Waals surface area (Å²) in [5.41, 5.74) is 6.50. The number of aryl methyl sites for hydroxylation is 2. The second-order valence-corrected chi connectivity index (χ2v) is 3.98. The minimum atomic E-state index is 0. The normalized spacial score (nSPS) is 9.69. The highest BCUT2D eigenvalue weighted by atomic mass is 16.0. The predicted molar refractivity (Wildman–Crippen MR) is 67.5 cm³/mol. The van der Waals surface area contributed by atoms with Crippen molar-refractivity contribution >= 4 is 0 Å². The van der Waals surface area contributed by atoms with Crippen LogP contribution in [0.2, 0.25) is 0 Å². The molecule has 84 valence electrons. The molecule has 16 heavy (non-hydrogen) atoms. The van der Waals surface area contributed by atoms with Crippen LogP contribution in [-0.2, 0) is 0 Å². The second-order valence-electron chi connectivity index (χ2n) is 3.98. The topological polar surface area (TPSA) is 44.4 Å². The molecule has 0 saturated carbocycles. The first-order valence-electron chi connectivity index (χ1n) is 5.17. The van der Waals surface area contributed by atoms with Gasteiger partial charge in [-0.2, -0.15) is 0 Å². The van der Waals surface area contributed by atoms with Crippen LogP contribution in [0.1, 0.15) is 16.7 Å². The van der Waals surface area contributed by atoms with Crippen LogP contribution >= 0.6 is 0 Å². The van der Waals surface area contributed by atoms with Gasteiger partial charge in [-0.25, -0.2) is 0 Å². The number of aromatic nitrogens is 1. The summed E-state index contributed by atoms with van der Waals surface area (Å²) in [4.78, 5) is 4.14. The van der Waals surface area contributed by atoms with E-state index in [0.717, 1.165) is 0 Å². The van der Waals surface area contributed by atoms with E-state index in [2.05, 4.69) is 44.0 Å². The SMILES string of the molecule is Cc1cc(-c2cccnc2)cc(C)c1C.O. The molecular formula is C14H17NO. The molecule has 0 amide bonds. The van der Waals surface area contributed by atoms with Crippen molar-refractivity contribution < 1.29 is 5.48 Å². The van der Waals surface area contributed by atoms with Crippen LogP contribution in [0.25, 0.3) is 11.1 Å².